The fourth-order valence-corrected chi connectivity index (χ4v) is 1.87. The summed E-state index contributed by atoms with van der Waals surface area (Å²) in [5.74, 6) is 2.27. The van der Waals surface area contributed by atoms with Crippen LogP contribution in [0.25, 0.3) is 0 Å². The maximum atomic E-state index is 9.94. The van der Waals surface area contributed by atoms with Crippen molar-refractivity contribution in [3.63, 3.8) is 0 Å². The summed E-state index contributed by atoms with van der Waals surface area (Å²) in [6, 6.07) is 14.8. The van der Waals surface area contributed by atoms with Crippen LogP contribution in [0.2, 0.25) is 0 Å². The van der Waals surface area contributed by atoms with Gasteiger partial charge in [0.15, 0.2) is 0 Å². The van der Waals surface area contributed by atoms with Crippen LogP contribution in [0.4, 0.5) is 5.69 Å². The van der Waals surface area contributed by atoms with Crippen molar-refractivity contribution in [3.8, 4) is 17.2 Å². The van der Waals surface area contributed by atoms with Gasteiger partial charge in [-0.2, -0.15) is 0 Å². The van der Waals surface area contributed by atoms with Gasteiger partial charge >= 0.3 is 0 Å². The molecule has 0 fully saturated rings. The molecule has 2 N–H and O–H groups in total. The smallest absolute Gasteiger partial charge is 0.119 e. The van der Waals surface area contributed by atoms with E-state index in [1.165, 1.54) is 0 Å². The minimum Gasteiger partial charge on any atom is -0.497 e. The number of benzene rings is 2. The fourth-order valence-electron chi connectivity index (χ4n) is 1.87. The monoisotopic (exact) mass is 303 g/mol. The van der Waals surface area contributed by atoms with Gasteiger partial charge in [-0.15, -0.1) is 0 Å². The molecule has 5 nitrogen and oxygen atoms in total. The largest absolute Gasteiger partial charge is 0.497 e. The van der Waals surface area contributed by atoms with Gasteiger partial charge in [0, 0.05) is 12.2 Å². The third kappa shape index (κ3) is 4.86. The Morgan fingerprint density at radius 1 is 0.864 bits per heavy atom. The third-order valence-corrected chi connectivity index (χ3v) is 3.13. The Morgan fingerprint density at radius 3 is 1.91 bits per heavy atom. The Labute approximate surface area is 130 Å². The molecule has 0 aromatic heterocycles. The van der Waals surface area contributed by atoms with Gasteiger partial charge in [-0.05, 0) is 48.5 Å². The van der Waals surface area contributed by atoms with Crippen LogP contribution in [0.1, 0.15) is 0 Å². The van der Waals surface area contributed by atoms with Gasteiger partial charge in [0.05, 0.1) is 14.2 Å². The van der Waals surface area contributed by atoms with Crippen LogP contribution in [0.5, 0.6) is 17.2 Å². The molecular weight excluding hydrogens is 282 g/mol. The van der Waals surface area contributed by atoms with Gasteiger partial charge in [-0.1, -0.05) is 0 Å². The number of aliphatic hydroxyl groups is 1. The maximum absolute atomic E-state index is 9.94. The van der Waals surface area contributed by atoms with Gasteiger partial charge in [-0.25, -0.2) is 0 Å². The van der Waals surface area contributed by atoms with Crippen LogP contribution in [0.15, 0.2) is 48.5 Å². The highest BCUT2D eigenvalue weighted by molar-refractivity contribution is 5.46. The molecule has 118 valence electrons. The standard InChI is InChI=1S/C17H21NO4/c1-20-15-5-3-13(4-6-15)18-11-14(19)12-22-17-9-7-16(21-2)8-10-17/h3-10,14,18-19H,11-12H2,1-2H3/t14-/m1/s1. The van der Waals surface area contributed by atoms with E-state index in [2.05, 4.69) is 5.32 Å². The van der Waals surface area contributed by atoms with E-state index < -0.39 is 6.10 Å². The summed E-state index contributed by atoms with van der Waals surface area (Å²) in [5, 5.41) is 13.1. The number of nitrogens with one attached hydrogen (secondary N) is 1. The Morgan fingerprint density at radius 2 is 1.36 bits per heavy atom. The van der Waals surface area contributed by atoms with Crippen LogP contribution in [-0.2, 0) is 0 Å². The van der Waals surface area contributed by atoms with Crippen molar-refractivity contribution in [3.05, 3.63) is 48.5 Å². The molecule has 0 aliphatic rings. The number of hydrogen-bond donors (Lipinski definition) is 2. The molecule has 0 heterocycles. The zero-order valence-electron chi connectivity index (χ0n) is 12.8. The summed E-state index contributed by atoms with van der Waals surface area (Å²) >= 11 is 0. The molecule has 5 heteroatoms. The molecule has 0 saturated heterocycles. The zero-order chi connectivity index (χ0) is 15.8. The van der Waals surface area contributed by atoms with Crippen LogP contribution in [-0.4, -0.2) is 38.6 Å². The van der Waals surface area contributed by atoms with Gasteiger partial charge in [0.2, 0.25) is 0 Å². The lowest BCUT2D eigenvalue weighted by Crippen LogP contribution is -2.26. The predicted octanol–water partition coefficient (Wildman–Crippen LogP) is 2.56. The first-order valence-electron chi connectivity index (χ1n) is 7.04. The molecule has 0 amide bonds. The number of ether oxygens (including phenoxy) is 3. The summed E-state index contributed by atoms with van der Waals surface area (Å²) in [4.78, 5) is 0. The minimum atomic E-state index is -0.607. The second-order valence-corrected chi connectivity index (χ2v) is 4.75. The van der Waals surface area contributed by atoms with E-state index in [0.717, 1.165) is 17.2 Å². The molecule has 0 bridgehead atoms. The topological polar surface area (TPSA) is 60.0 Å². The number of hydrogen-bond acceptors (Lipinski definition) is 5. The van der Waals surface area contributed by atoms with Crippen molar-refractivity contribution in [1.82, 2.24) is 0 Å². The van der Waals surface area contributed by atoms with Crippen molar-refractivity contribution >= 4 is 5.69 Å². The number of anilines is 1. The van der Waals surface area contributed by atoms with Crippen molar-refractivity contribution in [1.29, 1.82) is 0 Å². The molecule has 1 atom stereocenters. The van der Waals surface area contributed by atoms with Crippen LogP contribution in [0, 0.1) is 0 Å². The molecule has 2 rings (SSSR count). The number of methoxy groups -OCH3 is 2. The third-order valence-electron chi connectivity index (χ3n) is 3.13. The van der Waals surface area contributed by atoms with E-state index in [-0.39, 0.29) is 6.61 Å². The normalized spacial score (nSPS) is 11.6. The van der Waals surface area contributed by atoms with Crippen LogP contribution < -0.4 is 19.5 Å². The molecule has 0 radical (unpaired) electrons. The van der Waals surface area contributed by atoms with E-state index >= 15 is 0 Å². The second kappa shape index (κ2) is 8.14. The lowest BCUT2D eigenvalue weighted by atomic mass is 10.3. The highest BCUT2D eigenvalue weighted by atomic mass is 16.5. The molecule has 0 unspecified atom stereocenters. The van der Waals surface area contributed by atoms with Crippen molar-refractivity contribution in [2.45, 2.75) is 6.10 Å². The Hall–Kier alpha value is -2.40. The molecule has 2 aromatic carbocycles. The Balaban J connectivity index is 1.73. The van der Waals surface area contributed by atoms with Gasteiger partial charge in [0.25, 0.3) is 0 Å². The van der Waals surface area contributed by atoms with Crippen molar-refractivity contribution < 1.29 is 19.3 Å². The zero-order valence-corrected chi connectivity index (χ0v) is 12.8. The summed E-state index contributed by atoms with van der Waals surface area (Å²) in [7, 11) is 3.24. The highest BCUT2D eigenvalue weighted by Crippen LogP contribution is 2.17. The minimum absolute atomic E-state index is 0.218. The van der Waals surface area contributed by atoms with E-state index in [4.69, 9.17) is 14.2 Å². The van der Waals surface area contributed by atoms with Crippen molar-refractivity contribution in [2.75, 3.05) is 32.7 Å². The summed E-state index contributed by atoms with van der Waals surface area (Å²) < 4.78 is 15.7. The summed E-state index contributed by atoms with van der Waals surface area (Å²) in [6.07, 6.45) is -0.607. The Bertz CT molecular complexity index is 502. The van der Waals surface area contributed by atoms with Gasteiger partial charge < -0.3 is 24.6 Å². The van der Waals surface area contributed by atoms with Crippen LogP contribution in [0.3, 0.4) is 0 Å². The summed E-state index contributed by atoms with van der Waals surface area (Å²) in [5.41, 5.74) is 0.921. The number of aliphatic hydroxyl groups excluding tert-OH is 1. The number of rotatable bonds is 8. The predicted molar refractivity (Wildman–Crippen MR) is 86.0 cm³/mol. The quantitative estimate of drug-likeness (QED) is 0.785. The van der Waals surface area contributed by atoms with E-state index in [0.29, 0.717) is 12.3 Å². The first kappa shape index (κ1) is 16.0. The molecule has 0 spiro atoms. The van der Waals surface area contributed by atoms with E-state index in [9.17, 15) is 5.11 Å². The average Bonchev–Trinajstić information content (AvgIpc) is 2.59. The van der Waals surface area contributed by atoms with E-state index in [1.54, 1.807) is 14.2 Å². The fraction of sp³-hybridized carbons (Fsp3) is 0.294. The molecule has 2 aromatic rings. The SMILES string of the molecule is COc1ccc(NC[C@@H](O)COc2ccc(OC)cc2)cc1. The Kier molecular flexibility index (Phi) is 5.91. The molecule has 0 aliphatic heterocycles. The molecule has 0 aliphatic carbocycles. The highest BCUT2D eigenvalue weighted by Gasteiger charge is 2.05. The lowest BCUT2D eigenvalue weighted by molar-refractivity contribution is 0.117. The maximum Gasteiger partial charge on any atom is 0.119 e. The average molecular weight is 303 g/mol. The van der Waals surface area contributed by atoms with Crippen LogP contribution >= 0.6 is 0 Å². The first-order valence-corrected chi connectivity index (χ1v) is 7.04. The second-order valence-electron chi connectivity index (χ2n) is 4.75. The molecule has 22 heavy (non-hydrogen) atoms. The molecule has 0 saturated carbocycles. The molecular formula is C17H21NO4. The van der Waals surface area contributed by atoms with Crippen molar-refractivity contribution in [2.24, 2.45) is 0 Å². The summed E-state index contributed by atoms with van der Waals surface area (Å²) in [6.45, 7) is 0.623. The van der Waals surface area contributed by atoms with E-state index in [1.807, 2.05) is 48.5 Å². The lowest BCUT2D eigenvalue weighted by Gasteiger charge is -2.14. The van der Waals surface area contributed by atoms with Gasteiger partial charge in [0.1, 0.15) is 30.0 Å². The van der Waals surface area contributed by atoms with Gasteiger partial charge in [-0.3, -0.25) is 0 Å². The first-order chi connectivity index (χ1) is 10.7.